The van der Waals surface area contributed by atoms with E-state index >= 15 is 0 Å². The number of hydrogen-bond acceptors (Lipinski definition) is 3. The molecule has 1 aliphatic heterocycles. The molecule has 0 spiro atoms. The molecule has 0 saturated carbocycles. The average molecular weight is 422 g/mol. The predicted octanol–water partition coefficient (Wildman–Crippen LogP) is 5.05. The zero-order valence-electron chi connectivity index (χ0n) is 18.3. The molecule has 1 unspecified atom stereocenters. The number of likely N-dealkylation sites (tertiary alicyclic amines) is 1. The zero-order valence-corrected chi connectivity index (χ0v) is 18.3. The van der Waals surface area contributed by atoms with Gasteiger partial charge in [-0.05, 0) is 69.0 Å². The Labute approximate surface area is 182 Å². The SMILES string of the molecule is COc1ccc(F)c(C(=O)N2CCCC(c3cc(C)nn3-c3ccccc3C)CC2)c1. The number of ether oxygens (including phenoxy) is 1. The number of aryl methyl sites for hydroxylation is 2. The molecular formula is C25H28FN3O2. The van der Waals surface area contributed by atoms with Gasteiger partial charge in [-0.15, -0.1) is 0 Å². The summed E-state index contributed by atoms with van der Waals surface area (Å²) in [5.74, 6) is -0.0238. The summed E-state index contributed by atoms with van der Waals surface area (Å²) in [6, 6.07) is 14.7. The fraction of sp³-hybridized carbons (Fsp3) is 0.360. The molecule has 1 fully saturated rings. The number of carbonyl (C=O) groups excluding carboxylic acids is 1. The molecule has 4 rings (SSSR count). The molecule has 1 amide bonds. The molecule has 2 aromatic carbocycles. The first-order valence-corrected chi connectivity index (χ1v) is 10.7. The largest absolute Gasteiger partial charge is 0.497 e. The smallest absolute Gasteiger partial charge is 0.256 e. The Morgan fingerprint density at radius 3 is 2.68 bits per heavy atom. The molecule has 3 aromatic rings. The highest BCUT2D eigenvalue weighted by molar-refractivity contribution is 5.95. The Morgan fingerprint density at radius 1 is 1.10 bits per heavy atom. The first-order chi connectivity index (χ1) is 15.0. The highest BCUT2D eigenvalue weighted by atomic mass is 19.1. The van der Waals surface area contributed by atoms with E-state index < -0.39 is 5.82 Å². The third kappa shape index (κ3) is 4.33. The molecule has 1 aliphatic rings. The molecule has 5 nitrogen and oxygen atoms in total. The molecule has 1 atom stereocenters. The Kier molecular flexibility index (Phi) is 6.07. The van der Waals surface area contributed by atoms with E-state index in [1.54, 1.807) is 4.90 Å². The molecule has 1 saturated heterocycles. The number of hydrogen-bond donors (Lipinski definition) is 0. The minimum Gasteiger partial charge on any atom is -0.497 e. The second kappa shape index (κ2) is 8.92. The third-order valence-electron chi connectivity index (χ3n) is 6.04. The van der Waals surface area contributed by atoms with E-state index in [-0.39, 0.29) is 17.4 Å². The number of methoxy groups -OCH3 is 1. The van der Waals surface area contributed by atoms with Gasteiger partial charge in [0.2, 0.25) is 0 Å². The van der Waals surface area contributed by atoms with Crippen LogP contribution < -0.4 is 4.74 Å². The van der Waals surface area contributed by atoms with Crippen molar-refractivity contribution in [1.29, 1.82) is 0 Å². The monoisotopic (exact) mass is 421 g/mol. The van der Waals surface area contributed by atoms with Crippen molar-refractivity contribution in [2.45, 2.75) is 39.0 Å². The van der Waals surface area contributed by atoms with Gasteiger partial charge in [-0.25, -0.2) is 9.07 Å². The molecule has 1 aromatic heterocycles. The molecule has 0 N–H and O–H groups in total. The van der Waals surface area contributed by atoms with Gasteiger partial charge in [0.1, 0.15) is 11.6 Å². The zero-order chi connectivity index (χ0) is 22.0. The molecule has 0 radical (unpaired) electrons. The number of aromatic nitrogens is 2. The molecule has 0 aliphatic carbocycles. The van der Waals surface area contributed by atoms with Crippen molar-refractivity contribution in [3.8, 4) is 11.4 Å². The maximum absolute atomic E-state index is 14.3. The number of carbonyl (C=O) groups is 1. The average Bonchev–Trinajstić information content (AvgIpc) is 2.99. The summed E-state index contributed by atoms with van der Waals surface area (Å²) in [4.78, 5) is 14.8. The molecule has 2 heterocycles. The summed E-state index contributed by atoms with van der Waals surface area (Å²) in [7, 11) is 1.51. The fourth-order valence-electron chi connectivity index (χ4n) is 4.37. The number of nitrogens with zero attached hydrogens (tertiary/aromatic N) is 3. The number of rotatable bonds is 4. The van der Waals surface area contributed by atoms with E-state index in [1.807, 2.05) is 19.1 Å². The van der Waals surface area contributed by atoms with Crippen LogP contribution in [0.3, 0.4) is 0 Å². The lowest BCUT2D eigenvalue weighted by Gasteiger charge is -2.21. The van der Waals surface area contributed by atoms with Gasteiger partial charge in [0, 0.05) is 24.7 Å². The first kappa shape index (κ1) is 21.1. The van der Waals surface area contributed by atoms with E-state index in [2.05, 4.69) is 29.8 Å². The van der Waals surface area contributed by atoms with Crippen LogP contribution in [-0.4, -0.2) is 40.8 Å². The Hall–Kier alpha value is -3.15. The Morgan fingerprint density at radius 2 is 1.90 bits per heavy atom. The summed E-state index contributed by atoms with van der Waals surface area (Å²) >= 11 is 0. The molecule has 162 valence electrons. The lowest BCUT2D eigenvalue weighted by Crippen LogP contribution is -2.32. The van der Waals surface area contributed by atoms with E-state index in [1.165, 1.54) is 36.6 Å². The van der Waals surface area contributed by atoms with Crippen LogP contribution in [0.25, 0.3) is 5.69 Å². The van der Waals surface area contributed by atoms with Gasteiger partial charge in [0.15, 0.2) is 0 Å². The topological polar surface area (TPSA) is 47.4 Å². The van der Waals surface area contributed by atoms with Crippen LogP contribution in [0.15, 0.2) is 48.5 Å². The Balaban J connectivity index is 1.56. The van der Waals surface area contributed by atoms with Crippen molar-refractivity contribution >= 4 is 5.91 Å². The standard InChI is InChI=1S/C25H28FN3O2/c1-17-7-4-5-9-23(17)29-24(15-18(2)27-29)19-8-6-13-28(14-12-19)25(30)21-16-20(31-3)10-11-22(21)26/h4-5,7,9-11,15-16,19H,6,8,12-14H2,1-3H3. The van der Waals surface area contributed by atoms with Crippen LogP contribution in [0.1, 0.15) is 52.5 Å². The van der Waals surface area contributed by atoms with Gasteiger partial charge < -0.3 is 9.64 Å². The van der Waals surface area contributed by atoms with Crippen LogP contribution in [0.4, 0.5) is 4.39 Å². The van der Waals surface area contributed by atoms with Gasteiger partial charge in [-0.2, -0.15) is 5.10 Å². The van der Waals surface area contributed by atoms with Crippen LogP contribution in [0.5, 0.6) is 5.75 Å². The fourth-order valence-corrected chi connectivity index (χ4v) is 4.37. The summed E-state index contributed by atoms with van der Waals surface area (Å²) in [6.07, 6.45) is 2.63. The predicted molar refractivity (Wildman–Crippen MR) is 118 cm³/mol. The maximum Gasteiger partial charge on any atom is 0.256 e. The summed E-state index contributed by atoms with van der Waals surface area (Å²) in [6.45, 7) is 5.30. The highest BCUT2D eigenvalue weighted by Crippen LogP contribution is 2.31. The quantitative estimate of drug-likeness (QED) is 0.592. The summed E-state index contributed by atoms with van der Waals surface area (Å²) < 4.78 is 21.5. The Bertz CT molecular complexity index is 1090. The number of benzene rings is 2. The van der Waals surface area contributed by atoms with Crippen LogP contribution in [0.2, 0.25) is 0 Å². The van der Waals surface area contributed by atoms with E-state index in [0.717, 1.165) is 30.6 Å². The lowest BCUT2D eigenvalue weighted by atomic mass is 9.96. The minimum absolute atomic E-state index is 0.0681. The maximum atomic E-state index is 14.3. The van der Waals surface area contributed by atoms with Gasteiger partial charge in [-0.3, -0.25) is 4.79 Å². The van der Waals surface area contributed by atoms with Gasteiger partial charge in [0.25, 0.3) is 5.91 Å². The van der Waals surface area contributed by atoms with E-state index in [9.17, 15) is 9.18 Å². The molecule has 6 heteroatoms. The first-order valence-electron chi connectivity index (χ1n) is 10.7. The van der Waals surface area contributed by atoms with Gasteiger partial charge >= 0.3 is 0 Å². The second-order valence-corrected chi connectivity index (χ2v) is 8.17. The number of halogens is 1. The van der Waals surface area contributed by atoms with Crippen molar-refractivity contribution in [2.24, 2.45) is 0 Å². The normalized spacial score (nSPS) is 16.8. The van der Waals surface area contributed by atoms with Crippen molar-refractivity contribution < 1.29 is 13.9 Å². The minimum atomic E-state index is -0.514. The van der Waals surface area contributed by atoms with E-state index in [0.29, 0.717) is 18.8 Å². The number of amides is 1. The summed E-state index contributed by atoms with van der Waals surface area (Å²) in [5, 5.41) is 4.75. The van der Waals surface area contributed by atoms with Crippen LogP contribution in [0, 0.1) is 19.7 Å². The lowest BCUT2D eigenvalue weighted by molar-refractivity contribution is 0.0756. The van der Waals surface area contributed by atoms with Crippen molar-refractivity contribution in [2.75, 3.05) is 20.2 Å². The summed E-state index contributed by atoms with van der Waals surface area (Å²) in [5.41, 5.74) is 4.48. The number of para-hydroxylation sites is 1. The van der Waals surface area contributed by atoms with Crippen molar-refractivity contribution in [3.63, 3.8) is 0 Å². The van der Waals surface area contributed by atoms with Gasteiger partial charge in [-0.1, -0.05) is 18.2 Å². The molecule has 31 heavy (non-hydrogen) atoms. The third-order valence-corrected chi connectivity index (χ3v) is 6.04. The van der Waals surface area contributed by atoms with Crippen LogP contribution in [-0.2, 0) is 0 Å². The second-order valence-electron chi connectivity index (χ2n) is 8.17. The van der Waals surface area contributed by atoms with E-state index in [4.69, 9.17) is 9.84 Å². The molecule has 0 bridgehead atoms. The van der Waals surface area contributed by atoms with Crippen molar-refractivity contribution in [1.82, 2.24) is 14.7 Å². The highest BCUT2D eigenvalue weighted by Gasteiger charge is 2.27. The van der Waals surface area contributed by atoms with Crippen LogP contribution >= 0.6 is 0 Å². The molecular weight excluding hydrogens is 393 g/mol. The van der Waals surface area contributed by atoms with Crippen molar-refractivity contribution in [3.05, 3.63) is 76.9 Å². The van der Waals surface area contributed by atoms with Gasteiger partial charge in [0.05, 0.1) is 24.1 Å².